The highest BCUT2D eigenvalue weighted by molar-refractivity contribution is 5.97. The van der Waals surface area contributed by atoms with Crippen molar-refractivity contribution >= 4 is 22.9 Å². The van der Waals surface area contributed by atoms with Crippen LogP contribution in [0.2, 0.25) is 0 Å². The van der Waals surface area contributed by atoms with E-state index < -0.39 is 0 Å². The van der Waals surface area contributed by atoms with E-state index in [1.807, 2.05) is 11.0 Å². The number of methoxy groups -OCH3 is 2. The van der Waals surface area contributed by atoms with Crippen LogP contribution in [0.25, 0.3) is 11.2 Å². The first kappa shape index (κ1) is 19.7. The summed E-state index contributed by atoms with van der Waals surface area (Å²) in [5.74, 6) is 1.37. The first-order chi connectivity index (χ1) is 14.5. The van der Waals surface area contributed by atoms with Gasteiger partial charge < -0.3 is 19.3 Å². The molecular formula is C21H23N5O4. The van der Waals surface area contributed by atoms with Gasteiger partial charge >= 0.3 is 0 Å². The number of amides is 1. The van der Waals surface area contributed by atoms with Crippen LogP contribution < -0.4 is 19.9 Å². The number of carbonyl (C=O) groups is 1. The van der Waals surface area contributed by atoms with Crippen molar-refractivity contribution in [2.45, 2.75) is 0 Å². The number of pyridine rings is 1. The highest BCUT2D eigenvalue weighted by Crippen LogP contribution is 2.26. The summed E-state index contributed by atoms with van der Waals surface area (Å²) in [6.45, 7) is 1.98. The van der Waals surface area contributed by atoms with Gasteiger partial charge in [-0.2, -0.15) is 0 Å². The van der Waals surface area contributed by atoms with Crippen molar-refractivity contribution < 1.29 is 14.3 Å². The smallest absolute Gasteiger partial charge is 0.294 e. The van der Waals surface area contributed by atoms with Gasteiger partial charge in [-0.05, 0) is 24.3 Å². The Morgan fingerprint density at radius 2 is 1.83 bits per heavy atom. The van der Waals surface area contributed by atoms with Gasteiger partial charge in [-0.3, -0.25) is 14.2 Å². The van der Waals surface area contributed by atoms with Crippen LogP contribution in [0.5, 0.6) is 11.5 Å². The SMILES string of the molecule is COc1ccc(C(=O)N2CCN(c3nc4cccnc4n(C)c3=O)CC2)c(OC)c1. The van der Waals surface area contributed by atoms with Crippen LogP contribution in [0.1, 0.15) is 10.4 Å². The number of aryl methyl sites for hydroxylation is 1. The molecule has 1 amide bonds. The fraction of sp³-hybridized carbons (Fsp3) is 0.333. The van der Waals surface area contributed by atoms with E-state index in [1.54, 1.807) is 49.5 Å². The Balaban J connectivity index is 1.53. The van der Waals surface area contributed by atoms with Crippen molar-refractivity contribution in [3.63, 3.8) is 0 Å². The second kappa shape index (κ2) is 8.02. The zero-order valence-corrected chi connectivity index (χ0v) is 17.2. The lowest BCUT2D eigenvalue weighted by atomic mass is 10.1. The lowest BCUT2D eigenvalue weighted by Crippen LogP contribution is -2.50. The topological polar surface area (TPSA) is 89.8 Å². The summed E-state index contributed by atoms with van der Waals surface area (Å²) in [7, 11) is 4.79. The molecule has 0 N–H and O–H groups in total. The lowest BCUT2D eigenvalue weighted by molar-refractivity contribution is 0.0743. The zero-order valence-electron chi connectivity index (χ0n) is 17.2. The molecule has 0 radical (unpaired) electrons. The predicted octanol–water partition coefficient (Wildman–Crippen LogP) is 1.31. The second-order valence-corrected chi connectivity index (χ2v) is 6.99. The molecule has 0 unspecified atom stereocenters. The summed E-state index contributed by atoms with van der Waals surface area (Å²) in [5, 5.41) is 0. The first-order valence-corrected chi connectivity index (χ1v) is 9.61. The summed E-state index contributed by atoms with van der Waals surface area (Å²) in [6.07, 6.45) is 1.64. The number of hydrogen-bond acceptors (Lipinski definition) is 7. The van der Waals surface area contributed by atoms with E-state index in [1.165, 1.54) is 11.7 Å². The van der Waals surface area contributed by atoms with Gasteiger partial charge in [0.15, 0.2) is 11.5 Å². The van der Waals surface area contributed by atoms with Gasteiger partial charge in [0.25, 0.3) is 11.5 Å². The third kappa shape index (κ3) is 3.42. The molecular weight excluding hydrogens is 386 g/mol. The van der Waals surface area contributed by atoms with E-state index in [0.717, 1.165) is 0 Å². The number of ether oxygens (including phenoxy) is 2. The highest BCUT2D eigenvalue weighted by Gasteiger charge is 2.27. The van der Waals surface area contributed by atoms with E-state index in [0.29, 0.717) is 60.2 Å². The van der Waals surface area contributed by atoms with Gasteiger partial charge in [-0.15, -0.1) is 0 Å². The van der Waals surface area contributed by atoms with Gasteiger partial charge in [0.1, 0.15) is 17.0 Å². The first-order valence-electron chi connectivity index (χ1n) is 9.61. The van der Waals surface area contributed by atoms with Crippen LogP contribution in [-0.4, -0.2) is 65.7 Å². The van der Waals surface area contributed by atoms with Crippen LogP contribution in [-0.2, 0) is 7.05 Å². The molecule has 1 fully saturated rings. The zero-order chi connectivity index (χ0) is 21.3. The maximum Gasteiger partial charge on any atom is 0.294 e. The Hall–Kier alpha value is -3.62. The fourth-order valence-electron chi connectivity index (χ4n) is 3.62. The van der Waals surface area contributed by atoms with Crippen molar-refractivity contribution in [2.24, 2.45) is 7.05 Å². The number of rotatable bonds is 4. The average Bonchev–Trinajstić information content (AvgIpc) is 2.80. The number of nitrogens with zero attached hydrogens (tertiary/aromatic N) is 5. The van der Waals surface area contributed by atoms with E-state index >= 15 is 0 Å². The molecule has 3 aromatic rings. The van der Waals surface area contributed by atoms with Crippen molar-refractivity contribution in [2.75, 3.05) is 45.3 Å². The third-order valence-corrected chi connectivity index (χ3v) is 5.31. The molecule has 30 heavy (non-hydrogen) atoms. The van der Waals surface area contributed by atoms with Gasteiger partial charge in [0.2, 0.25) is 0 Å². The van der Waals surface area contributed by atoms with Crippen LogP contribution in [0.4, 0.5) is 5.82 Å². The Morgan fingerprint density at radius 3 is 2.53 bits per heavy atom. The normalized spacial score (nSPS) is 14.1. The standard InChI is InChI=1S/C21H23N5O4/c1-24-18-16(5-4-8-22-18)23-19(21(24)28)25-9-11-26(12-10-25)20(27)15-7-6-14(29-2)13-17(15)30-3/h4-8,13H,9-12H2,1-3H3. The van der Waals surface area contributed by atoms with E-state index in [2.05, 4.69) is 9.97 Å². The molecule has 0 aliphatic carbocycles. The Kier molecular flexibility index (Phi) is 5.26. The summed E-state index contributed by atoms with van der Waals surface area (Å²) < 4.78 is 12.1. The lowest BCUT2D eigenvalue weighted by Gasteiger charge is -2.35. The molecule has 9 heteroatoms. The molecule has 1 aliphatic heterocycles. The average molecular weight is 409 g/mol. The molecule has 9 nitrogen and oxygen atoms in total. The van der Waals surface area contributed by atoms with Crippen LogP contribution in [0.3, 0.4) is 0 Å². The van der Waals surface area contributed by atoms with Crippen LogP contribution >= 0.6 is 0 Å². The molecule has 1 saturated heterocycles. The van der Waals surface area contributed by atoms with Crippen molar-refractivity contribution in [3.8, 4) is 11.5 Å². The maximum atomic E-state index is 13.0. The molecule has 156 valence electrons. The number of benzene rings is 1. The molecule has 2 aromatic heterocycles. The molecule has 0 saturated carbocycles. The third-order valence-electron chi connectivity index (χ3n) is 5.31. The number of hydrogen-bond donors (Lipinski definition) is 0. The molecule has 1 aromatic carbocycles. The summed E-state index contributed by atoms with van der Waals surface area (Å²) in [6, 6.07) is 8.77. The monoisotopic (exact) mass is 409 g/mol. The number of aromatic nitrogens is 3. The Labute approximate surface area is 173 Å². The van der Waals surface area contributed by atoms with E-state index in [4.69, 9.17) is 9.47 Å². The van der Waals surface area contributed by atoms with Gasteiger partial charge in [0.05, 0.1) is 19.8 Å². The molecule has 1 aliphatic rings. The minimum atomic E-state index is -0.196. The number of anilines is 1. The number of fused-ring (bicyclic) bond motifs is 1. The molecule has 0 atom stereocenters. The van der Waals surface area contributed by atoms with Crippen molar-refractivity contribution in [1.82, 2.24) is 19.4 Å². The molecule has 4 rings (SSSR count). The van der Waals surface area contributed by atoms with Crippen LogP contribution in [0, 0.1) is 0 Å². The quantitative estimate of drug-likeness (QED) is 0.642. The van der Waals surface area contributed by atoms with Crippen molar-refractivity contribution in [1.29, 1.82) is 0 Å². The van der Waals surface area contributed by atoms with Gasteiger partial charge in [0, 0.05) is 45.5 Å². The highest BCUT2D eigenvalue weighted by atomic mass is 16.5. The number of piperazine rings is 1. The number of carbonyl (C=O) groups excluding carboxylic acids is 1. The summed E-state index contributed by atoms with van der Waals surface area (Å²) >= 11 is 0. The summed E-state index contributed by atoms with van der Waals surface area (Å²) in [5.41, 5.74) is 1.50. The summed E-state index contributed by atoms with van der Waals surface area (Å²) in [4.78, 5) is 38.2. The minimum Gasteiger partial charge on any atom is -0.497 e. The largest absolute Gasteiger partial charge is 0.497 e. The Bertz CT molecular complexity index is 1150. The predicted molar refractivity (Wildman–Crippen MR) is 112 cm³/mol. The van der Waals surface area contributed by atoms with Gasteiger partial charge in [-0.25, -0.2) is 9.97 Å². The van der Waals surface area contributed by atoms with E-state index in [-0.39, 0.29) is 11.5 Å². The van der Waals surface area contributed by atoms with E-state index in [9.17, 15) is 9.59 Å². The minimum absolute atomic E-state index is 0.113. The van der Waals surface area contributed by atoms with Gasteiger partial charge in [-0.1, -0.05) is 0 Å². The second-order valence-electron chi connectivity index (χ2n) is 6.99. The molecule has 3 heterocycles. The Morgan fingerprint density at radius 1 is 1.07 bits per heavy atom. The molecule has 0 bridgehead atoms. The fourth-order valence-corrected chi connectivity index (χ4v) is 3.62. The maximum absolute atomic E-state index is 13.0. The van der Waals surface area contributed by atoms with Crippen molar-refractivity contribution in [3.05, 3.63) is 52.4 Å². The molecule has 0 spiro atoms. The van der Waals surface area contributed by atoms with Crippen LogP contribution in [0.15, 0.2) is 41.3 Å².